The lowest BCUT2D eigenvalue weighted by Crippen LogP contribution is -2.62. The Bertz CT molecular complexity index is 950. The average Bonchev–Trinajstić information content (AvgIpc) is 3.11. The van der Waals surface area contributed by atoms with Crippen LogP contribution in [0.25, 0.3) is 0 Å². The van der Waals surface area contributed by atoms with E-state index >= 15 is 0 Å². The number of nitrogens with two attached hydrogens (primary N) is 1. The minimum absolute atomic E-state index is 0.138. The Hall–Kier alpha value is -1.17. The van der Waals surface area contributed by atoms with Crippen LogP contribution < -0.4 is 11.4 Å². The molecular weight excluding hydrogens is 424 g/mol. The molecule has 5 aliphatic rings. The standard InChI is InChI=1S/C29H44N2O3/c1-27-12-7-22(31-15-10-21(30)11-16-31)17-20(27)4-5-25-24(27)8-13-28(2)23(9-14-29(25,28)33)19-3-6-26(32)34-18-19/h3,6,18,20-25,33H,4-5,7-17,30H2,1-2H3/t20-,22+,23-,24+,25-,27+,28-,29+/m1/s1. The molecule has 188 valence electrons. The fourth-order valence-electron chi connectivity index (χ4n) is 9.92. The van der Waals surface area contributed by atoms with Gasteiger partial charge in [0.1, 0.15) is 0 Å². The van der Waals surface area contributed by atoms with E-state index in [1.807, 2.05) is 6.07 Å². The van der Waals surface area contributed by atoms with Crippen molar-refractivity contribution < 1.29 is 9.52 Å². The molecule has 0 unspecified atom stereocenters. The minimum atomic E-state index is -0.607. The summed E-state index contributed by atoms with van der Waals surface area (Å²) in [6, 6.07) is 4.62. The summed E-state index contributed by atoms with van der Waals surface area (Å²) in [6.07, 6.45) is 14.5. The summed E-state index contributed by atoms with van der Waals surface area (Å²) in [5.74, 6) is 2.09. The minimum Gasteiger partial charge on any atom is -0.431 e. The molecule has 6 rings (SSSR count). The molecule has 0 bridgehead atoms. The lowest BCUT2D eigenvalue weighted by Gasteiger charge is -2.64. The lowest BCUT2D eigenvalue weighted by atomic mass is 9.43. The Balaban J connectivity index is 1.22. The van der Waals surface area contributed by atoms with Crippen LogP contribution in [0.5, 0.6) is 0 Å². The predicted molar refractivity (Wildman–Crippen MR) is 133 cm³/mol. The van der Waals surface area contributed by atoms with Gasteiger partial charge in [-0.3, -0.25) is 0 Å². The van der Waals surface area contributed by atoms with E-state index in [1.165, 1.54) is 51.6 Å². The topological polar surface area (TPSA) is 79.7 Å². The van der Waals surface area contributed by atoms with Crippen molar-refractivity contribution in [1.29, 1.82) is 0 Å². The van der Waals surface area contributed by atoms with E-state index < -0.39 is 5.60 Å². The van der Waals surface area contributed by atoms with Crippen LogP contribution in [0.4, 0.5) is 0 Å². The van der Waals surface area contributed by atoms with Crippen molar-refractivity contribution in [2.75, 3.05) is 13.1 Å². The van der Waals surface area contributed by atoms with Crippen molar-refractivity contribution in [2.24, 2.45) is 34.3 Å². The van der Waals surface area contributed by atoms with Crippen molar-refractivity contribution in [3.05, 3.63) is 34.4 Å². The van der Waals surface area contributed by atoms with Gasteiger partial charge in [0.05, 0.1) is 11.9 Å². The highest BCUT2D eigenvalue weighted by atomic mass is 16.4. The van der Waals surface area contributed by atoms with E-state index in [2.05, 4.69) is 18.7 Å². The smallest absolute Gasteiger partial charge is 0.335 e. The molecule has 1 aromatic heterocycles. The van der Waals surface area contributed by atoms with Crippen molar-refractivity contribution >= 4 is 0 Å². The third-order valence-corrected chi connectivity index (χ3v) is 12.0. The summed E-state index contributed by atoms with van der Waals surface area (Å²) in [6.45, 7) is 7.28. The number of hydrogen-bond acceptors (Lipinski definition) is 5. The predicted octanol–water partition coefficient (Wildman–Crippen LogP) is 4.67. The lowest BCUT2D eigenvalue weighted by molar-refractivity contribution is -0.204. The molecule has 8 atom stereocenters. The van der Waals surface area contributed by atoms with E-state index in [0.29, 0.717) is 23.3 Å². The maximum absolute atomic E-state index is 12.4. The van der Waals surface area contributed by atoms with Gasteiger partial charge in [-0.25, -0.2) is 4.79 Å². The molecule has 34 heavy (non-hydrogen) atoms. The highest BCUT2D eigenvalue weighted by Gasteiger charge is 2.67. The highest BCUT2D eigenvalue weighted by Crippen LogP contribution is 2.70. The second-order valence-corrected chi connectivity index (χ2v) is 13.2. The number of nitrogens with zero attached hydrogens (tertiary/aromatic N) is 1. The van der Waals surface area contributed by atoms with Gasteiger partial charge in [0.2, 0.25) is 0 Å². The van der Waals surface area contributed by atoms with Crippen LogP contribution in [0.1, 0.15) is 96.0 Å². The quantitative estimate of drug-likeness (QED) is 0.659. The van der Waals surface area contributed by atoms with Crippen LogP contribution in [0.3, 0.4) is 0 Å². The van der Waals surface area contributed by atoms with Crippen molar-refractivity contribution in [3.8, 4) is 0 Å². The summed E-state index contributed by atoms with van der Waals surface area (Å²) in [5.41, 5.74) is 6.60. The first-order valence-electron chi connectivity index (χ1n) is 14.1. The van der Waals surface area contributed by atoms with Gasteiger partial charge in [0.25, 0.3) is 0 Å². The first kappa shape index (κ1) is 23.2. The zero-order valence-electron chi connectivity index (χ0n) is 21.2. The van der Waals surface area contributed by atoms with Gasteiger partial charge in [0.15, 0.2) is 0 Å². The Morgan fingerprint density at radius 1 is 0.971 bits per heavy atom. The van der Waals surface area contributed by atoms with Crippen molar-refractivity contribution in [2.45, 2.75) is 108 Å². The summed E-state index contributed by atoms with van der Waals surface area (Å²) >= 11 is 0. The van der Waals surface area contributed by atoms with Crippen LogP contribution in [0, 0.1) is 28.6 Å². The van der Waals surface area contributed by atoms with E-state index in [0.717, 1.165) is 49.6 Å². The SMILES string of the molecule is C[C@]12CC[C@H](N3CCC(N)CC3)C[C@H]1CC[C@@H]1[C@@H]2CC[C@]2(C)[C@@H](c3ccc(=O)oc3)CC[C@]12O. The molecular formula is C29H44N2O3. The normalized spacial score (nSPS) is 47.6. The molecule has 4 aliphatic carbocycles. The maximum atomic E-state index is 12.4. The molecule has 0 radical (unpaired) electrons. The Kier molecular flexibility index (Phi) is 5.59. The van der Waals surface area contributed by atoms with Gasteiger partial charge in [0, 0.05) is 23.6 Å². The first-order chi connectivity index (χ1) is 16.2. The Morgan fingerprint density at radius 2 is 1.76 bits per heavy atom. The maximum Gasteiger partial charge on any atom is 0.335 e. The molecule has 4 saturated carbocycles. The third kappa shape index (κ3) is 3.33. The van der Waals surface area contributed by atoms with Crippen molar-refractivity contribution in [3.63, 3.8) is 0 Å². The molecule has 1 aromatic rings. The second-order valence-electron chi connectivity index (χ2n) is 13.2. The molecule has 5 nitrogen and oxygen atoms in total. The van der Waals surface area contributed by atoms with Gasteiger partial charge < -0.3 is 20.2 Å². The van der Waals surface area contributed by atoms with Gasteiger partial charge >= 0.3 is 5.63 Å². The van der Waals surface area contributed by atoms with E-state index in [1.54, 1.807) is 12.3 Å². The van der Waals surface area contributed by atoms with Crippen LogP contribution in [0.15, 0.2) is 27.6 Å². The number of rotatable bonds is 2. The zero-order valence-corrected chi connectivity index (χ0v) is 21.2. The molecule has 1 aliphatic heterocycles. The monoisotopic (exact) mass is 468 g/mol. The number of fused-ring (bicyclic) bond motifs is 5. The highest BCUT2D eigenvalue weighted by molar-refractivity contribution is 5.27. The van der Waals surface area contributed by atoms with Gasteiger partial charge in [-0.2, -0.15) is 0 Å². The number of likely N-dealkylation sites (tertiary alicyclic amines) is 1. The molecule has 1 saturated heterocycles. The molecule has 0 amide bonds. The molecule has 2 heterocycles. The second kappa shape index (κ2) is 8.18. The van der Waals surface area contributed by atoms with Gasteiger partial charge in [-0.15, -0.1) is 0 Å². The van der Waals surface area contributed by atoms with E-state index in [9.17, 15) is 9.90 Å². The summed E-state index contributed by atoms with van der Waals surface area (Å²) in [5, 5.41) is 12.4. The van der Waals surface area contributed by atoms with Crippen LogP contribution >= 0.6 is 0 Å². The zero-order chi connectivity index (χ0) is 23.7. The molecule has 5 fully saturated rings. The number of hydrogen-bond donors (Lipinski definition) is 2. The Labute approximate surface area is 204 Å². The average molecular weight is 469 g/mol. The van der Waals surface area contributed by atoms with Gasteiger partial charge in [-0.1, -0.05) is 13.8 Å². The van der Waals surface area contributed by atoms with Crippen molar-refractivity contribution in [1.82, 2.24) is 4.90 Å². The van der Waals surface area contributed by atoms with E-state index in [-0.39, 0.29) is 17.0 Å². The van der Waals surface area contributed by atoms with Crippen LogP contribution in [-0.2, 0) is 0 Å². The largest absolute Gasteiger partial charge is 0.431 e. The van der Waals surface area contributed by atoms with Crippen LogP contribution in [0.2, 0.25) is 0 Å². The summed E-state index contributed by atoms with van der Waals surface area (Å²) in [7, 11) is 0. The van der Waals surface area contributed by atoms with Gasteiger partial charge in [-0.05, 0) is 124 Å². The Morgan fingerprint density at radius 3 is 2.50 bits per heavy atom. The third-order valence-electron chi connectivity index (χ3n) is 12.0. The summed E-state index contributed by atoms with van der Waals surface area (Å²) < 4.78 is 5.24. The fourth-order valence-corrected chi connectivity index (χ4v) is 9.92. The summed E-state index contributed by atoms with van der Waals surface area (Å²) in [4.78, 5) is 14.3. The van der Waals surface area contributed by atoms with E-state index in [4.69, 9.17) is 10.2 Å². The fraction of sp³-hybridized carbons (Fsp3) is 0.828. The molecule has 5 heteroatoms. The number of aliphatic hydroxyl groups is 1. The molecule has 3 N–H and O–H groups in total. The molecule has 0 spiro atoms. The first-order valence-corrected chi connectivity index (χ1v) is 14.1. The van der Waals surface area contributed by atoms with Crippen LogP contribution in [-0.4, -0.2) is 40.8 Å². The number of piperidine rings is 1. The molecule has 0 aromatic carbocycles.